The Hall–Kier alpha value is -2.25. The second kappa shape index (κ2) is 6.96. The van der Waals surface area contributed by atoms with Crippen LogP contribution in [0.25, 0.3) is 0 Å². The van der Waals surface area contributed by atoms with Gasteiger partial charge in [-0.1, -0.05) is 0 Å². The first kappa shape index (κ1) is 16.8. The van der Waals surface area contributed by atoms with Gasteiger partial charge >= 0.3 is 6.18 Å². The molecule has 21 heavy (non-hydrogen) atoms. The maximum absolute atomic E-state index is 12.4. The van der Waals surface area contributed by atoms with Crippen LogP contribution in [0, 0.1) is 0 Å². The Balaban J connectivity index is 2.51. The lowest BCUT2D eigenvalue weighted by Gasteiger charge is -2.16. The summed E-state index contributed by atoms with van der Waals surface area (Å²) < 4.78 is 42.1. The number of carbonyl (C=O) groups is 2. The van der Waals surface area contributed by atoms with Gasteiger partial charge in [0, 0.05) is 14.1 Å². The first-order chi connectivity index (χ1) is 9.74. The highest BCUT2D eigenvalue weighted by Crippen LogP contribution is 2.30. The van der Waals surface area contributed by atoms with Gasteiger partial charge in [-0.3, -0.25) is 9.59 Å². The van der Waals surface area contributed by atoms with E-state index in [9.17, 15) is 22.8 Å². The molecule has 2 amide bonds. The zero-order chi connectivity index (χ0) is 16.0. The number of nitrogens with zero attached hydrogens (tertiary/aromatic N) is 1. The first-order valence-corrected chi connectivity index (χ1v) is 5.98. The highest BCUT2D eigenvalue weighted by molar-refractivity contribution is 5.85. The fraction of sp³-hybridized carbons (Fsp3) is 0.385. The molecule has 0 aliphatic carbocycles. The third-order valence-electron chi connectivity index (χ3n) is 2.63. The number of hydrogen-bond acceptors (Lipinski definition) is 3. The van der Waals surface area contributed by atoms with Gasteiger partial charge in [0.1, 0.15) is 5.75 Å². The predicted octanol–water partition coefficient (Wildman–Crippen LogP) is 1.29. The summed E-state index contributed by atoms with van der Waals surface area (Å²) in [4.78, 5) is 23.9. The van der Waals surface area contributed by atoms with Crippen LogP contribution in [0.15, 0.2) is 24.3 Å². The summed E-state index contributed by atoms with van der Waals surface area (Å²) in [5, 5.41) is 2.36. The molecule has 0 spiro atoms. The molecular formula is C13H15F3N2O3. The normalized spacial score (nSPS) is 10.9. The summed E-state index contributed by atoms with van der Waals surface area (Å²) in [6.07, 6.45) is -4.41. The van der Waals surface area contributed by atoms with Crippen LogP contribution >= 0.6 is 0 Å². The molecule has 1 N–H and O–H groups in total. The maximum Gasteiger partial charge on any atom is 0.416 e. The maximum atomic E-state index is 12.4. The van der Waals surface area contributed by atoms with Crippen LogP contribution in [0.2, 0.25) is 0 Å². The van der Waals surface area contributed by atoms with Crippen molar-refractivity contribution in [2.45, 2.75) is 6.18 Å². The third-order valence-corrected chi connectivity index (χ3v) is 2.63. The highest BCUT2D eigenvalue weighted by atomic mass is 19.4. The topological polar surface area (TPSA) is 58.6 Å². The molecule has 1 aromatic rings. The van der Waals surface area contributed by atoms with E-state index in [-0.39, 0.29) is 24.8 Å². The molecule has 0 heterocycles. The molecule has 0 aliphatic heterocycles. The van der Waals surface area contributed by atoms with E-state index in [0.717, 1.165) is 29.2 Å². The van der Waals surface area contributed by atoms with Crippen LogP contribution < -0.4 is 10.1 Å². The van der Waals surface area contributed by atoms with Crippen LogP contribution in [-0.4, -0.2) is 44.0 Å². The molecule has 0 saturated heterocycles. The summed E-state index contributed by atoms with van der Waals surface area (Å²) in [7, 11) is 2.87. The minimum Gasteiger partial charge on any atom is -0.484 e. The number of carbonyl (C=O) groups excluding carboxylic acids is 2. The Morgan fingerprint density at radius 2 is 1.81 bits per heavy atom. The van der Waals surface area contributed by atoms with Crippen molar-refractivity contribution < 1.29 is 27.5 Å². The number of alkyl halides is 3. The minimum absolute atomic E-state index is 0.119. The molecule has 0 unspecified atom stereocenters. The summed E-state index contributed by atoms with van der Waals surface area (Å²) in [5.74, 6) is -0.649. The fourth-order valence-electron chi connectivity index (χ4n) is 1.38. The van der Waals surface area contributed by atoms with E-state index in [1.807, 2.05) is 0 Å². The van der Waals surface area contributed by atoms with Crippen molar-refractivity contribution in [2.24, 2.45) is 0 Å². The van der Waals surface area contributed by atoms with E-state index < -0.39 is 17.6 Å². The van der Waals surface area contributed by atoms with Crippen molar-refractivity contribution in [1.82, 2.24) is 10.2 Å². The van der Waals surface area contributed by atoms with Gasteiger partial charge in [-0.05, 0) is 24.3 Å². The minimum atomic E-state index is -4.41. The Kier molecular flexibility index (Phi) is 5.57. The van der Waals surface area contributed by atoms with Crippen molar-refractivity contribution >= 4 is 11.8 Å². The number of ether oxygens (including phenoxy) is 1. The van der Waals surface area contributed by atoms with Gasteiger partial charge in [0.15, 0.2) is 6.61 Å². The van der Waals surface area contributed by atoms with Gasteiger partial charge in [-0.25, -0.2) is 0 Å². The second-order valence-electron chi connectivity index (χ2n) is 4.23. The highest BCUT2D eigenvalue weighted by Gasteiger charge is 2.30. The number of halogens is 3. The Labute approximate surface area is 119 Å². The van der Waals surface area contributed by atoms with Gasteiger partial charge in [0.2, 0.25) is 5.91 Å². The zero-order valence-electron chi connectivity index (χ0n) is 11.5. The SMILES string of the molecule is CNC(=O)CN(C)C(=O)COc1ccc(C(F)(F)F)cc1. The average Bonchev–Trinajstić information content (AvgIpc) is 2.43. The van der Waals surface area contributed by atoms with Gasteiger partial charge < -0.3 is 15.0 Å². The Bertz CT molecular complexity index is 500. The number of rotatable bonds is 5. The van der Waals surface area contributed by atoms with Crippen LogP contribution in [-0.2, 0) is 15.8 Å². The van der Waals surface area contributed by atoms with Crippen molar-refractivity contribution in [3.63, 3.8) is 0 Å². The molecule has 0 fully saturated rings. The van der Waals surface area contributed by atoms with E-state index >= 15 is 0 Å². The van der Waals surface area contributed by atoms with Crippen molar-refractivity contribution in [3.8, 4) is 5.75 Å². The molecular weight excluding hydrogens is 289 g/mol. The van der Waals surface area contributed by atoms with Crippen LogP contribution in [0.1, 0.15) is 5.56 Å². The lowest BCUT2D eigenvalue weighted by Crippen LogP contribution is -2.39. The predicted molar refractivity (Wildman–Crippen MR) is 68.6 cm³/mol. The summed E-state index contributed by atoms with van der Waals surface area (Å²) in [6.45, 7) is -0.482. The van der Waals surface area contributed by atoms with Gasteiger partial charge in [0.25, 0.3) is 5.91 Å². The standard InChI is InChI=1S/C13H15F3N2O3/c1-17-11(19)7-18(2)12(20)8-21-10-5-3-9(4-6-10)13(14,15)16/h3-6H,7-8H2,1-2H3,(H,17,19). The molecule has 0 bridgehead atoms. The number of hydrogen-bond donors (Lipinski definition) is 1. The molecule has 0 radical (unpaired) electrons. The fourth-order valence-corrected chi connectivity index (χ4v) is 1.38. The summed E-state index contributed by atoms with van der Waals surface area (Å²) in [6, 6.07) is 4.01. The average molecular weight is 304 g/mol. The van der Waals surface area contributed by atoms with E-state index in [1.54, 1.807) is 0 Å². The van der Waals surface area contributed by atoms with Gasteiger partial charge in [0.05, 0.1) is 12.1 Å². The van der Waals surface area contributed by atoms with E-state index in [0.29, 0.717) is 0 Å². The molecule has 5 nitrogen and oxygen atoms in total. The molecule has 0 saturated carbocycles. The molecule has 8 heteroatoms. The van der Waals surface area contributed by atoms with E-state index in [1.165, 1.54) is 14.1 Å². The smallest absolute Gasteiger partial charge is 0.416 e. The van der Waals surface area contributed by atoms with E-state index in [2.05, 4.69) is 5.32 Å². The number of benzene rings is 1. The Morgan fingerprint density at radius 3 is 2.29 bits per heavy atom. The van der Waals surface area contributed by atoms with Crippen molar-refractivity contribution in [3.05, 3.63) is 29.8 Å². The lowest BCUT2D eigenvalue weighted by atomic mass is 10.2. The summed E-state index contributed by atoms with van der Waals surface area (Å²) in [5.41, 5.74) is -0.794. The molecule has 0 aromatic heterocycles. The zero-order valence-corrected chi connectivity index (χ0v) is 11.5. The third kappa shape index (κ3) is 5.33. The monoisotopic (exact) mass is 304 g/mol. The Morgan fingerprint density at radius 1 is 1.24 bits per heavy atom. The molecule has 0 aliphatic rings. The van der Waals surface area contributed by atoms with Gasteiger partial charge in [-0.15, -0.1) is 0 Å². The van der Waals surface area contributed by atoms with Crippen LogP contribution in [0.3, 0.4) is 0 Å². The largest absolute Gasteiger partial charge is 0.484 e. The van der Waals surface area contributed by atoms with Gasteiger partial charge in [-0.2, -0.15) is 13.2 Å². The molecule has 116 valence electrons. The molecule has 1 aromatic carbocycles. The number of nitrogens with one attached hydrogen (secondary N) is 1. The lowest BCUT2D eigenvalue weighted by molar-refractivity contribution is -0.137. The van der Waals surface area contributed by atoms with Crippen LogP contribution in [0.5, 0.6) is 5.75 Å². The van der Waals surface area contributed by atoms with E-state index in [4.69, 9.17) is 4.74 Å². The molecule has 0 atom stereocenters. The number of likely N-dealkylation sites (N-methyl/N-ethyl adjacent to an activating group) is 2. The number of amides is 2. The second-order valence-corrected chi connectivity index (χ2v) is 4.23. The first-order valence-electron chi connectivity index (χ1n) is 5.98. The molecule has 1 rings (SSSR count). The van der Waals surface area contributed by atoms with Crippen LogP contribution in [0.4, 0.5) is 13.2 Å². The van der Waals surface area contributed by atoms with Crippen molar-refractivity contribution in [1.29, 1.82) is 0 Å². The van der Waals surface area contributed by atoms with Crippen molar-refractivity contribution in [2.75, 3.05) is 27.2 Å². The summed E-state index contributed by atoms with van der Waals surface area (Å²) >= 11 is 0. The quantitative estimate of drug-likeness (QED) is 0.892.